The normalized spacial score (nSPS) is 11.5. The van der Waals surface area contributed by atoms with Gasteiger partial charge in [-0.15, -0.1) is 0 Å². The molecule has 2 rings (SSSR count). The molecule has 0 bridgehead atoms. The number of ether oxygens (including phenoxy) is 1. The number of hydrogen-bond donors (Lipinski definition) is 1. The lowest BCUT2D eigenvalue weighted by atomic mass is 10.1. The van der Waals surface area contributed by atoms with Crippen LogP contribution in [0.4, 0.5) is 0 Å². The Morgan fingerprint density at radius 1 is 1.11 bits per heavy atom. The number of benzene rings is 2. The first-order valence-corrected chi connectivity index (χ1v) is 10.6. The van der Waals surface area contributed by atoms with E-state index < -0.39 is 6.04 Å². The van der Waals surface area contributed by atoms with E-state index in [1.54, 1.807) is 11.8 Å². The highest BCUT2D eigenvalue weighted by molar-refractivity contribution is 14.1. The Kier molecular flexibility index (Phi) is 9.27. The Hall–Kier alpha value is -2.09. The van der Waals surface area contributed by atoms with Crippen molar-refractivity contribution < 1.29 is 14.3 Å². The number of amides is 2. The molecule has 0 radical (unpaired) electrons. The van der Waals surface area contributed by atoms with Crippen LogP contribution < -0.4 is 10.1 Å². The second kappa shape index (κ2) is 11.7. The maximum atomic E-state index is 12.8. The monoisotopic (exact) mass is 494 g/mol. The highest BCUT2D eigenvalue weighted by Gasteiger charge is 2.25. The van der Waals surface area contributed by atoms with Crippen molar-refractivity contribution in [2.24, 2.45) is 0 Å². The summed E-state index contributed by atoms with van der Waals surface area (Å²) in [6.07, 6.45) is 1.54. The summed E-state index contributed by atoms with van der Waals surface area (Å²) in [5, 5.41) is 2.87. The van der Waals surface area contributed by atoms with Crippen molar-refractivity contribution in [1.82, 2.24) is 10.2 Å². The van der Waals surface area contributed by atoms with Crippen molar-refractivity contribution in [3.05, 3.63) is 63.7 Å². The molecule has 0 heterocycles. The molecule has 0 fully saturated rings. The van der Waals surface area contributed by atoms with E-state index in [1.807, 2.05) is 61.5 Å². The molecular weight excluding hydrogens is 467 g/mol. The number of hydrogen-bond acceptors (Lipinski definition) is 3. The zero-order valence-corrected chi connectivity index (χ0v) is 18.5. The summed E-state index contributed by atoms with van der Waals surface area (Å²) < 4.78 is 6.74. The number of nitrogens with one attached hydrogen (secondary N) is 1. The smallest absolute Gasteiger partial charge is 0.261 e. The van der Waals surface area contributed by atoms with Gasteiger partial charge in [0.05, 0.1) is 0 Å². The quantitative estimate of drug-likeness (QED) is 0.513. The van der Waals surface area contributed by atoms with Crippen molar-refractivity contribution in [2.75, 3.05) is 19.7 Å². The molecule has 2 amide bonds. The topological polar surface area (TPSA) is 58.6 Å². The summed E-state index contributed by atoms with van der Waals surface area (Å²) in [5.74, 6) is 0.297. The van der Waals surface area contributed by atoms with Crippen molar-refractivity contribution in [3.63, 3.8) is 0 Å². The van der Waals surface area contributed by atoms with E-state index in [2.05, 4.69) is 27.9 Å². The lowest BCUT2D eigenvalue weighted by molar-refractivity contribution is -0.141. The van der Waals surface area contributed by atoms with Crippen LogP contribution in [0, 0.1) is 3.57 Å². The Bertz CT molecular complexity index is 750. The third-order valence-electron chi connectivity index (χ3n) is 4.38. The minimum absolute atomic E-state index is 0.0964. The van der Waals surface area contributed by atoms with Crippen molar-refractivity contribution in [1.29, 1.82) is 0 Å². The van der Waals surface area contributed by atoms with Crippen LogP contribution >= 0.6 is 22.6 Å². The molecule has 150 valence electrons. The fraction of sp³-hybridized carbons (Fsp3) is 0.364. The average molecular weight is 494 g/mol. The molecule has 28 heavy (non-hydrogen) atoms. The Morgan fingerprint density at radius 3 is 2.43 bits per heavy atom. The first kappa shape index (κ1) is 22.2. The van der Waals surface area contributed by atoms with Crippen LogP contribution in [-0.4, -0.2) is 42.5 Å². The van der Waals surface area contributed by atoms with Gasteiger partial charge in [0.1, 0.15) is 11.8 Å². The van der Waals surface area contributed by atoms with Crippen molar-refractivity contribution in [3.8, 4) is 5.75 Å². The van der Waals surface area contributed by atoms with Crippen LogP contribution in [0.5, 0.6) is 5.75 Å². The van der Waals surface area contributed by atoms with Gasteiger partial charge in [-0.2, -0.15) is 0 Å². The number of carbonyl (C=O) groups excluding carboxylic acids is 2. The molecule has 1 atom stereocenters. The van der Waals surface area contributed by atoms with Gasteiger partial charge in [0.15, 0.2) is 6.61 Å². The maximum Gasteiger partial charge on any atom is 0.261 e. The van der Waals surface area contributed by atoms with Crippen LogP contribution in [-0.2, 0) is 16.0 Å². The zero-order chi connectivity index (χ0) is 20.4. The van der Waals surface area contributed by atoms with Crippen molar-refractivity contribution >= 4 is 34.4 Å². The second-order valence-electron chi connectivity index (χ2n) is 6.53. The molecule has 2 aromatic carbocycles. The van der Waals surface area contributed by atoms with Gasteiger partial charge in [-0.25, -0.2) is 0 Å². The van der Waals surface area contributed by atoms with Gasteiger partial charge >= 0.3 is 0 Å². The van der Waals surface area contributed by atoms with Crippen LogP contribution in [0.25, 0.3) is 0 Å². The first-order chi connectivity index (χ1) is 13.5. The number of halogens is 1. The highest BCUT2D eigenvalue weighted by Crippen LogP contribution is 2.14. The zero-order valence-electron chi connectivity index (χ0n) is 16.4. The Labute approximate surface area is 180 Å². The molecule has 0 aliphatic rings. The molecule has 0 spiro atoms. The fourth-order valence-electron chi connectivity index (χ4n) is 2.72. The van der Waals surface area contributed by atoms with Gasteiger partial charge in [-0.3, -0.25) is 9.59 Å². The summed E-state index contributed by atoms with van der Waals surface area (Å²) in [5.41, 5.74) is 1.13. The average Bonchev–Trinajstić information content (AvgIpc) is 2.72. The number of nitrogens with zero attached hydrogens (tertiary/aromatic N) is 1. The van der Waals surface area contributed by atoms with E-state index in [1.165, 1.54) is 0 Å². The van der Waals surface area contributed by atoms with E-state index >= 15 is 0 Å². The molecule has 1 unspecified atom stereocenters. The Morgan fingerprint density at radius 2 is 1.79 bits per heavy atom. The van der Waals surface area contributed by atoms with Crippen LogP contribution in [0.3, 0.4) is 0 Å². The molecule has 6 heteroatoms. The van der Waals surface area contributed by atoms with Gasteiger partial charge in [0, 0.05) is 16.7 Å². The fourth-order valence-corrected chi connectivity index (χ4v) is 3.08. The van der Waals surface area contributed by atoms with Gasteiger partial charge < -0.3 is 15.0 Å². The summed E-state index contributed by atoms with van der Waals surface area (Å²) in [7, 11) is 0. The third kappa shape index (κ3) is 7.14. The summed E-state index contributed by atoms with van der Waals surface area (Å²) in [6.45, 7) is 4.72. The standard InChI is InChI=1S/C22H27IN2O3/c1-3-14-24-22(27)17(2)25(15-13-18-7-5-4-6-8-18)21(26)16-28-20-11-9-19(23)10-12-20/h4-12,17H,3,13-16H2,1-2H3,(H,24,27). The van der Waals surface area contributed by atoms with E-state index in [9.17, 15) is 9.59 Å². The summed E-state index contributed by atoms with van der Waals surface area (Å²) >= 11 is 2.22. The number of carbonyl (C=O) groups is 2. The molecule has 0 aromatic heterocycles. The van der Waals surface area contributed by atoms with Gasteiger partial charge in [0.2, 0.25) is 5.91 Å². The second-order valence-corrected chi connectivity index (χ2v) is 7.78. The molecule has 0 saturated carbocycles. The molecular formula is C22H27IN2O3. The van der Waals surface area contributed by atoms with Crippen LogP contribution in [0.2, 0.25) is 0 Å². The molecule has 0 saturated heterocycles. The predicted molar refractivity (Wildman–Crippen MR) is 119 cm³/mol. The maximum absolute atomic E-state index is 12.8. The van der Waals surface area contributed by atoms with Crippen molar-refractivity contribution in [2.45, 2.75) is 32.7 Å². The lowest BCUT2D eigenvalue weighted by Crippen LogP contribution is -2.50. The minimum atomic E-state index is -0.553. The SMILES string of the molecule is CCCNC(=O)C(C)N(CCc1ccccc1)C(=O)COc1ccc(I)cc1. The molecule has 1 N–H and O–H groups in total. The predicted octanol–water partition coefficient (Wildman–Crippen LogP) is 3.66. The van der Waals surface area contributed by atoms with Crippen LogP contribution in [0.1, 0.15) is 25.8 Å². The third-order valence-corrected chi connectivity index (χ3v) is 5.10. The van der Waals surface area contributed by atoms with E-state index in [0.29, 0.717) is 25.3 Å². The largest absolute Gasteiger partial charge is 0.484 e. The number of rotatable bonds is 10. The Balaban J connectivity index is 2.03. The van der Waals surface area contributed by atoms with E-state index in [4.69, 9.17) is 4.74 Å². The lowest BCUT2D eigenvalue weighted by Gasteiger charge is -2.28. The minimum Gasteiger partial charge on any atom is -0.484 e. The van der Waals surface area contributed by atoms with E-state index in [0.717, 1.165) is 15.6 Å². The van der Waals surface area contributed by atoms with Gasteiger partial charge in [-0.1, -0.05) is 37.3 Å². The first-order valence-electron chi connectivity index (χ1n) is 9.50. The molecule has 2 aromatic rings. The molecule has 0 aliphatic carbocycles. The van der Waals surface area contributed by atoms with Crippen LogP contribution in [0.15, 0.2) is 54.6 Å². The summed E-state index contributed by atoms with van der Waals surface area (Å²) in [4.78, 5) is 26.9. The highest BCUT2D eigenvalue weighted by atomic mass is 127. The van der Waals surface area contributed by atoms with E-state index in [-0.39, 0.29) is 18.4 Å². The van der Waals surface area contributed by atoms with Gasteiger partial charge in [0.25, 0.3) is 5.91 Å². The molecule has 0 aliphatic heterocycles. The summed E-state index contributed by atoms with van der Waals surface area (Å²) in [6, 6.07) is 16.9. The van der Waals surface area contributed by atoms with Gasteiger partial charge in [-0.05, 0) is 72.2 Å². The molecule has 5 nitrogen and oxygen atoms in total.